The Kier molecular flexibility index (Phi) is 7.27. The second-order valence-electron chi connectivity index (χ2n) is 8.03. The minimum atomic E-state index is 0.452. The third-order valence-electron chi connectivity index (χ3n) is 5.63. The topological polar surface area (TPSA) is 71.3 Å². The predicted molar refractivity (Wildman–Crippen MR) is 149 cm³/mol. The van der Waals surface area contributed by atoms with Crippen molar-refractivity contribution in [2.45, 2.75) is 0 Å². The molecule has 0 saturated carbocycles. The van der Waals surface area contributed by atoms with E-state index >= 15 is 0 Å². The van der Waals surface area contributed by atoms with Crippen LogP contribution in [0.5, 0.6) is 0 Å². The molecular formula is C26H21BrCl2N8. The maximum atomic E-state index is 6.24. The summed E-state index contributed by atoms with van der Waals surface area (Å²) in [5.74, 6) is 0. The van der Waals surface area contributed by atoms with Gasteiger partial charge in [0, 0.05) is 32.7 Å². The maximum Gasteiger partial charge on any atom is 0.160 e. The quantitative estimate of drug-likeness (QED) is 0.230. The minimum absolute atomic E-state index is 0.452. The number of nitrogens with zero attached hydrogens (tertiary/aromatic N) is 8. The predicted octanol–water partition coefficient (Wildman–Crippen LogP) is 6.61. The molecule has 4 aromatic heterocycles. The van der Waals surface area contributed by atoms with Gasteiger partial charge in [-0.25, -0.2) is 9.36 Å². The second-order valence-corrected chi connectivity index (χ2v) is 9.60. The summed E-state index contributed by atoms with van der Waals surface area (Å²) in [5.41, 5.74) is 5.52. The van der Waals surface area contributed by atoms with Gasteiger partial charge >= 0.3 is 0 Å². The third kappa shape index (κ3) is 5.24. The number of aryl methyl sites for hydroxylation is 2. The molecule has 0 fully saturated rings. The first-order valence-electron chi connectivity index (χ1n) is 11.2. The highest BCUT2D eigenvalue weighted by Crippen LogP contribution is 2.33. The number of para-hydroxylation sites is 2. The molecule has 0 radical (unpaired) electrons. The van der Waals surface area contributed by atoms with Crippen molar-refractivity contribution in [3.63, 3.8) is 0 Å². The van der Waals surface area contributed by atoms with E-state index in [0.29, 0.717) is 10.3 Å². The average molecular weight is 596 g/mol. The molecule has 0 amide bonds. The van der Waals surface area contributed by atoms with Gasteiger partial charge in [0.15, 0.2) is 10.3 Å². The van der Waals surface area contributed by atoms with Crippen LogP contribution >= 0.6 is 39.1 Å². The van der Waals surface area contributed by atoms with Gasteiger partial charge in [-0.3, -0.25) is 9.36 Å². The van der Waals surface area contributed by atoms with Crippen LogP contribution in [0.2, 0.25) is 10.3 Å². The van der Waals surface area contributed by atoms with Gasteiger partial charge in [-0.2, -0.15) is 20.4 Å². The molecule has 0 aliphatic rings. The molecule has 186 valence electrons. The van der Waals surface area contributed by atoms with Gasteiger partial charge in [-0.05, 0) is 46.3 Å². The summed E-state index contributed by atoms with van der Waals surface area (Å²) < 4.78 is 7.96. The number of aromatic nitrogens is 8. The SMILES string of the molecule is Cn1ncc(Br)c1-c1cn(-c2ccccc2)nc1Cl.Cn1nccc1-c1cn(-c2ccccc2)nc1Cl. The van der Waals surface area contributed by atoms with Gasteiger partial charge in [0.1, 0.15) is 0 Å². The molecule has 0 atom stereocenters. The number of benzene rings is 2. The first-order valence-corrected chi connectivity index (χ1v) is 12.7. The molecule has 0 aliphatic heterocycles. The normalized spacial score (nSPS) is 10.8. The Morgan fingerprint density at radius 1 is 0.676 bits per heavy atom. The summed E-state index contributed by atoms with van der Waals surface area (Å²) in [6, 6.07) is 21.6. The molecule has 37 heavy (non-hydrogen) atoms. The van der Waals surface area contributed by atoms with E-state index in [1.165, 1.54) is 0 Å². The summed E-state index contributed by atoms with van der Waals surface area (Å²) in [7, 11) is 3.75. The van der Waals surface area contributed by atoms with E-state index in [4.69, 9.17) is 23.2 Å². The molecule has 2 aromatic carbocycles. The Labute approximate surface area is 231 Å². The molecule has 0 saturated heterocycles. The van der Waals surface area contributed by atoms with Crippen molar-refractivity contribution in [3.8, 4) is 33.9 Å². The average Bonchev–Trinajstić information content (AvgIpc) is 3.68. The van der Waals surface area contributed by atoms with Gasteiger partial charge in [0.05, 0.1) is 44.6 Å². The molecule has 11 heteroatoms. The van der Waals surface area contributed by atoms with Crippen molar-refractivity contribution < 1.29 is 0 Å². The van der Waals surface area contributed by atoms with E-state index in [-0.39, 0.29) is 0 Å². The molecule has 6 rings (SSSR count). The zero-order chi connectivity index (χ0) is 25.9. The van der Waals surface area contributed by atoms with E-state index in [9.17, 15) is 0 Å². The van der Waals surface area contributed by atoms with Crippen LogP contribution in [0.3, 0.4) is 0 Å². The molecular weight excluding hydrogens is 575 g/mol. The summed E-state index contributed by atoms with van der Waals surface area (Å²) in [6.07, 6.45) is 7.30. The van der Waals surface area contributed by atoms with Gasteiger partial charge in [0.25, 0.3) is 0 Å². The Morgan fingerprint density at radius 2 is 1.22 bits per heavy atom. The van der Waals surface area contributed by atoms with Crippen LogP contribution in [0.25, 0.3) is 33.9 Å². The Balaban J connectivity index is 0.000000152. The van der Waals surface area contributed by atoms with Crippen LogP contribution in [0.1, 0.15) is 0 Å². The number of hydrogen-bond donors (Lipinski definition) is 0. The largest absolute Gasteiger partial charge is 0.268 e. The Hall–Kier alpha value is -3.66. The van der Waals surface area contributed by atoms with Crippen LogP contribution in [-0.4, -0.2) is 39.1 Å². The first kappa shape index (κ1) is 25.0. The summed E-state index contributed by atoms with van der Waals surface area (Å²) >= 11 is 15.9. The lowest BCUT2D eigenvalue weighted by Gasteiger charge is -2.00. The molecule has 4 heterocycles. The fraction of sp³-hybridized carbons (Fsp3) is 0.0769. The van der Waals surface area contributed by atoms with Crippen molar-refractivity contribution in [2.24, 2.45) is 14.1 Å². The number of halogens is 3. The van der Waals surface area contributed by atoms with Crippen LogP contribution in [-0.2, 0) is 14.1 Å². The summed E-state index contributed by atoms with van der Waals surface area (Å²) in [4.78, 5) is 0. The zero-order valence-electron chi connectivity index (χ0n) is 19.9. The van der Waals surface area contributed by atoms with Crippen LogP contribution < -0.4 is 0 Å². The standard InChI is InChI=1S/C13H10BrClN4.C13H11ClN4/c1-18-12(11(14)7-16-18)10-8-19(17-13(10)15)9-5-3-2-4-6-9;1-17-12(7-8-15-17)11-9-18(16-13(11)14)10-5-3-2-4-6-10/h2-8H,1H3;2-9H,1H3. The highest BCUT2D eigenvalue weighted by atomic mass is 79.9. The second kappa shape index (κ2) is 10.8. The number of hydrogen-bond acceptors (Lipinski definition) is 4. The van der Waals surface area contributed by atoms with E-state index in [0.717, 1.165) is 38.4 Å². The molecule has 0 aliphatic carbocycles. The van der Waals surface area contributed by atoms with Crippen LogP contribution in [0.4, 0.5) is 0 Å². The third-order valence-corrected chi connectivity index (χ3v) is 6.76. The minimum Gasteiger partial charge on any atom is -0.268 e. The zero-order valence-corrected chi connectivity index (χ0v) is 23.0. The van der Waals surface area contributed by atoms with Crippen molar-refractivity contribution in [2.75, 3.05) is 0 Å². The number of rotatable bonds is 4. The van der Waals surface area contributed by atoms with Gasteiger partial charge < -0.3 is 0 Å². The van der Waals surface area contributed by atoms with Crippen molar-refractivity contribution in [1.82, 2.24) is 39.1 Å². The molecule has 6 aromatic rings. The van der Waals surface area contributed by atoms with Crippen molar-refractivity contribution in [3.05, 3.63) is 106 Å². The first-order chi connectivity index (χ1) is 17.9. The lowest BCUT2D eigenvalue weighted by molar-refractivity contribution is 0.775. The van der Waals surface area contributed by atoms with Crippen LogP contribution in [0.15, 0.2) is 96.0 Å². The lowest BCUT2D eigenvalue weighted by atomic mass is 10.2. The monoisotopic (exact) mass is 594 g/mol. The fourth-order valence-corrected chi connectivity index (χ4v) is 4.82. The fourth-order valence-electron chi connectivity index (χ4n) is 3.81. The molecule has 0 bridgehead atoms. The van der Waals surface area contributed by atoms with Crippen molar-refractivity contribution >= 4 is 39.1 Å². The summed E-state index contributed by atoms with van der Waals surface area (Å²) in [6.45, 7) is 0. The summed E-state index contributed by atoms with van der Waals surface area (Å²) in [5, 5.41) is 17.9. The van der Waals surface area contributed by atoms with E-state index in [1.807, 2.05) is 93.2 Å². The highest BCUT2D eigenvalue weighted by Gasteiger charge is 2.16. The van der Waals surface area contributed by atoms with Crippen molar-refractivity contribution in [1.29, 1.82) is 0 Å². The molecule has 0 spiro atoms. The van der Waals surface area contributed by atoms with E-state index in [2.05, 4.69) is 36.3 Å². The van der Waals surface area contributed by atoms with Gasteiger partial charge in [-0.1, -0.05) is 59.6 Å². The smallest absolute Gasteiger partial charge is 0.160 e. The maximum absolute atomic E-state index is 6.24. The van der Waals surface area contributed by atoms with Gasteiger partial charge in [-0.15, -0.1) is 0 Å². The Morgan fingerprint density at radius 3 is 1.70 bits per heavy atom. The van der Waals surface area contributed by atoms with Gasteiger partial charge in [0.2, 0.25) is 0 Å². The van der Waals surface area contributed by atoms with E-state index in [1.54, 1.807) is 31.1 Å². The van der Waals surface area contributed by atoms with E-state index < -0.39 is 0 Å². The van der Waals surface area contributed by atoms with Crippen LogP contribution in [0, 0.1) is 0 Å². The molecule has 0 N–H and O–H groups in total. The molecule has 0 unspecified atom stereocenters. The Bertz CT molecular complexity index is 1610. The molecule has 8 nitrogen and oxygen atoms in total. The highest BCUT2D eigenvalue weighted by molar-refractivity contribution is 9.10. The lowest BCUT2D eigenvalue weighted by Crippen LogP contribution is -1.94.